The zero-order valence-electron chi connectivity index (χ0n) is 18.1. The van der Waals surface area contributed by atoms with Gasteiger partial charge < -0.3 is 15.4 Å². The Morgan fingerprint density at radius 3 is 2.72 bits per heavy atom. The fraction of sp³-hybridized carbons (Fsp3) is 0.385. The van der Waals surface area contributed by atoms with E-state index in [-0.39, 0.29) is 12.0 Å². The molecule has 164 valence electrons. The summed E-state index contributed by atoms with van der Waals surface area (Å²) in [5.74, 6) is 1.60. The van der Waals surface area contributed by atoms with Crippen molar-refractivity contribution in [1.82, 2.24) is 9.88 Å². The summed E-state index contributed by atoms with van der Waals surface area (Å²) in [7, 11) is 0. The average Bonchev–Trinajstić information content (AvgIpc) is 3.42. The smallest absolute Gasteiger partial charge is 0.254 e. The van der Waals surface area contributed by atoms with Crippen molar-refractivity contribution in [2.24, 2.45) is 5.92 Å². The molecule has 0 radical (unpaired) electrons. The van der Waals surface area contributed by atoms with Gasteiger partial charge in [-0.1, -0.05) is 23.7 Å². The highest BCUT2D eigenvalue weighted by molar-refractivity contribution is 6.30. The molecule has 1 saturated carbocycles. The van der Waals surface area contributed by atoms with Gasteiger partial charge in [0.1, 0.15) is 5.82 Å². The number of pyridine rings is 1. The van der Waals surface area contributed by atoms with Crippen molar-refractivity contribution in [3.63, 3.8) is 0 Å². The number of rotatable bonds is 3. The number of carbonyl (C=O) groups excluding carboxylic acids is 1. The molecule has 1 aromatic heterocycles. The van der Waals surface area contributed by atoms with Crippen LogP contribution in [0.1, 0.15) is 65.3 Å². The molecule has 3 heterocycles. The van der Waals surface area contributed by atoms with Gasteiger partial charge in [-0.3, -0.25) is 4.79 Å². The van der Waals surface area contributed by atoms with Crippen LogP contribution in [0, 0.1) is 5.92 Å². The molecule has 3 aliphatic rings. The van der Waals surface area contributed by atoms with Gasteiger partial charge in [-0.2, -0.15) is 0 Å². The Morgan fingerprint density at radius 2 is 1.97 bits per heavy atom. The number of hydrogen-bond acceptors (Lipinski definition) is 4. The third-order valence-electron chi connectivity index (χ3n) is 7.41. The molecule has 2 N–H and O–H groups in total. The number of anilines is 1. The van der Waals surface area contributed by atoms with Crippen LogP contribution in [0.3, 0.4) is 0 Å². The van der Waals surface area contributed by atoms with Gasteiger partial charge in [0.05, 0.1) is 18.2 Å². The summed E-state index contributed by atoms with van der Waals surface area (Å²) in [6, 6.07) is 14.2. The summed E-state index contributed by atoms with van der Waals surface area (Å²) < 4.78 is 5.82. The van der Waals surface area contributed by atoms with Gasteiger partial charge in [0.25, 0.3) is 5.91 Å². The number of nitrogens with two attached hydrogens (primary N) is 1. The van der Waals surface area contributed by atoms with Gasteiger partial charge >= 0.3 is 0 Å². The number of nitrogens with zero attached hydrogens (tertiary/aromatic N) is 2. The molecule has 0 unspecified atom stereocenters. The molecule has 6 rings (SSSR count). The van der Waals surface area contributed by atoms with E-state index >= 15 is 0 Å². The minimum absolute atomic E-state index is 0.0702. The second kappa shape index (κ2) is 7.46. The van der Waals surface area contributed by atoms with Crippen molar-refractivity contribution >= 4 is 34.2 Å². The SMILES string of the molecule is C[C@H]1OCc2c1c(N)nc1ccc(C(=O)N3C[C@H](c4ccc(Cl)cc4)C[C@@H]3C3CC3)cc21. The highest BCUT2D eigenvalue weighted by atomic mass is 35.5. The molecule has 2 aromatic carbocycles. The number of amides is 1. The van der Waals surface area contributed by atoms with Crippen molar-refractivity contribution in [3.8, 4) is 0 Å². The first kappa shape index (κ1) is 20.0. The molecule has 6 heteroatoms. The number of nitrogen functional groups attached to an aromatic ring is 1. The molecule has 2 aliphatic heterocycles. The van der Waals surface area contributed by atoms with E-state index in [4.69, 9.17) is 22.1 Å². The van der Waals surface area contributed by atoms with Gasteiger partial charge in [0, 0.05) is 40.0 Å². The first-order chi connectivity index (χ1) is 15.5. The van der Waals surface area contributed by atoms with E-state index in [9.17, 15) is 4.79 Å². The summed E-state index contributed by atoms with van der Waals surface area (Å²) in [4.78, 5) is 20.4. The van der Waals surface area contributed by atoms with E-state index in [0.29, 0.717) is 35.9 Å². The Hall–Kier alpha value is -2.63. The molecule has 1 aliphatic carbocycles. The van der Waals surface area contributed by atoms with Gasteiger partial charge in [-0.25, -0.2) is 4.98 Å². The zero-order chi connectivity index (χ0) is 22.0. The summed E-state index contributed by atoms with van der Waals surface area (Å²) in [6.45, 7) is 3.24. The van der Waals surface area contributed by atoms with E-state index < -0.39 is 0 Å². The number of likely N-dealkylation sites (tertiary alicyclic amines) is 1. The van der Waals surface area contributed by atoms with Crippen molar-refractivity contribution in [3.05, 3.63) is 69.7 Å². The van der Waals surface area contributed by atoms with E-state index in [1.54, 1.807) is 0 Å². The highest BCUT2D eigenvalue weighted by Crippen LogP contribution is 2.45. The standard InChI is InChI=1S/C26H26ClN3O2/c1-14-24-21(13-32-14)20-10-17(6-9-22(20)29-25(24)28)26(31)30-12-18(11-23(30)16-2-3-16)15-4-7-19(27)8-5-15/h4-10,14,16,18,23H,2-3,11-13H2,1H3,(H2,28,29)/t14-,18-,23-/m1/s1. The number of ether oxygens (including phenoxy) is 1. The second-order valence-corrected chi connectivity index (χ2v) is 9.86. The quantitative estimate of drug-likeness (QED) is 0.578. The number of benzene rings is 2. The number of carbonyl (C=O) groups is 1. The Kier molecular flexibility index (Phi) is 4.67. The lowest BCUT2D eigenvalue weighted by atomic mass is 9.95. The van der Waals surface area contributed by atoms with Crippen LogP contribution in [-0.2, 0) is 11.3 Å². The lowest BCUT2D eigenvalue weighted by Crippen LogP contribution is -2.37. The fourth-order valence-electron chi connectivity index (χ4n) is 5.57. The normalized spacial score (nSPS) is 24.8. The van der Waals surface area contributed by atoms with Crippen LogP contribution in [0.4, 0.5) is 5.82 Å². The lowest BCUT2D eigenvalue weighted by molar-refractivity contribution is 0.0719. The van der Waals surface area contributed by atoms with Crippen LogP contribution in [0.15, 0.2) is 42.5 Å². The predicted octanol–water partition coefficient (Wildman–Crippen LogP) is 5.47. The second-order valence-electron chi connectivity index (χ2n) is 9.42. The number of aromatic nitrogens is 1. The third-order valence-corrected chi connectivity index (χ3v) is 7.66. The molecule has 3 atom stereocenters. The first-order valence-electron chi connectivity index (χ1n) is 11.4. The monoisotopic (exact) mass is 447 g/mol. The molecule has 0 spiro atoms. The molecule has 5 nitrogen and oxygen atoms in total. The summed E-state index contributed by atoms with van der Waals surface area (Å²) in [5, 5.41) is 1.72. The van der Waals surface area contributed by atoms with Crippen molar-refractivity contribution in [1.29, 1.82) is 0 Å². The van der Waals surface area contributed by atoms with E-state index in [1.807, 2.05) is 37.3 Å². The number of halogens is 1. The molecule has 1 saturated heterocycles. The summed E-state index contributed by atoms with van der Waals surface area (Å²) in [6.07, 6.45) is 3.38. The Bertz CT molecular complexity index is 1220. The third kappa shape index (κ3) is 3.26. The van der Waals surface area contributed by atoms with Crippen LogP contribution in [0.2, 0.25) is 5.02 Å². The average molecular weight is 448 g/mol. The Balaban J connectivity index is 1.34. The maximum Gasteiger partial charge on any atom is 0.254 e. The molecule has 3 aromatic rings. The van der Waals surface area contributed by atoms with Crippen LogP contribution < -0.4 is 5.73 Å². The topological polar surface area (TPSA) is 68.5 Å². The Labute approximate surface area is 192 Å². The fourth-order valence-corrected chi connectivity index (χ4v) is 5.69. The maximum absolute atomic E-state index is 13.7. The molecular formula is C26H26ClN3O2. The van der Waals surface area contributed by atoms with Crippen LogP contribution in [0.5, 0.6) is 0 Å². The highest BCUT2D eigenvalue weighted by Gasteiger charge is 2.44. The van der Waals surface area contributed by atoms with Gasteiger partial charge in [0.15, 0.2) is 0 Å². The zero-order valence-corrected chi connectivity index (χ0v) is 18.8. The molecule has 32 heavy (non-hydrogen) atoms. The predicted molar refractivity (Wildman–Crippen MR) is 126 cm³/mol. The van der Waals surface area contributed by atoms with E-state index in [0.717, 1.165) is 40.0 Å². The molecular weight excluding hydrogens is 422 g/mol. The van der Waals surface area contributed by atoms with Crippen LogP contribution in [0.25, 0.3) is 10.9 Å². The van der Waals surface area contributed by atoms with Gasteiger partial charge in [-0.15, -0.1) is 0 Å². The molecule has 0 bridgehead atoms. The van der Waals surface area contributed by atoms with Gasteiger partial charge in [0.2, 0.25) is 0 Å². The number of hydrogen-bond donors (Lipinski definition) is 1. The molecule has 2 fully saturated rings. The van der Waals surface area contributed by atoms with Crippen molar-refractivity contribution in [2.75, 3.05) is 12.3 Å². The number of fused-ring (bicyclic) bond motifs is 3. The van der Waals surface area contributed by atoms with Gasteiger partial charge in [-0.05, 0) is 73.6 Å². The first-order valence-corrected chi connectivity index (χ1v) is 11.8. The maximum atomic E-state index is 13.7. The lowest BCUT2D eigenvalue weighted by Gasteiger charge is -2.25. The van der Waals surface area contributed by atoms with Crippen LogP contribution in [-0.4, -0.2) is 28.4 Å². The minimum Gasteiger partial charge on any atom is -0.383 e. The summed E-state index contributed by atoms with van der Waals surface area (Å²) in [5.41, 5.74) is 11.0. The van der Waals surface area contributed by atoms with E-state index in [1.165, 1.54) is 18.4 Å². The van der Waals surface area contributed by atoms with Crippen molar-refractivity contribution < 1.29 is 9.53 Å². The minimum atomic E-state index is -0.0702. The van der Waals surface area contributed by atoms with Crippen LogP contribution >= 0.6 is 11.6 Å². The van der Waals surface area contributed by atoms with Crippen molar-refractivity contribution in [2.45, 2.75) is 50.9 Å². The Morgan fingerprint density at radius 1 is 1.19 bits per heavy atom. The molecule has 1 amide bonds. The largest absolute Gasteiger partial charge is 0.383 e. The van der Waals surface area contributed by atoms with E-state index in [2.05, 4.69) is 22.0 Å². The summed E-state index contributed by atoms with van der Waals surface area (Å²) >= 11 is 6.09.